The van der Waals surface area contributed by atoms with Gasteiger partial charge in [-0.15, -0.1) is 0 Å². The summed E-state index contributed by atoms with van der Waals surface area (Å²) in [6.07, 6.45) is 1.13. The first kappa shape index (κ1) is 14.7. The molecule has 0 saturated carbocycles. The first-order valence-corrected chi connectivity index (χ1v) is 6.79. The van der Waals surface area contributed by atoms with E-state index in [0.29, 0.717) is 6.42 Å². The normalized spacial score (nSPS) is 13.4. The van der Waals surface area contributed by atoms with Crippen molar-refractivity contribution in [3.63, 3.8) is 0 Å². The molecular formula is C12H22BrN3O. The van der Waals surface area contributed by atoms with E-state index in [1.54, 1.807) is 0 Å². The van der Waals surface area contributed by atoms with Crippen LogP contribution >= 0.6 is 15.9 Å². The molecule has 1 aromatic heterocycles. The van der Waals surface area contributed by atoms with Gasteiger partial charge in [-0.25, -0.2) is 0 Å². The van der Waals surface area contributed by atoms with Crippen molar-refractivity contribution in [2.24, 2.45) is 0 Å². The Bertz CT molecular complexity index is 363. The van der Waals surface area contributed by atoms with Gasteiger partial charge in [0.15, 0.2) is 0 Å². The highest BCUT2D eigenvalue weighted by Gasteiger charge is 2.16. The van der Waals surface area contributed by atoms with Gasteiger partial charge in [-0.2, -0.15) is 5.10 Å². The first-order valence-electron chi connectivity index (χ1n) is 6.00. The van der Waals surface area contributed by atoms with E-state index < -0.39 is 0 Å². The highest BCUT2D eigenvalue weighted by atomic mass is 79.9. The molecule has 1 unspecified atom stereocenters. The summed E-state index contributed by atoms with van der Waals surface area (Å²) < 4.78 is 2.99. The zero-order chi connectivity index (χ0) is 13.0. The fourth-order valence-electron chi connectivity index (χ4n) is 1.80. The Labute approximate surface area is 112 Å². The van der Waals surface area contributed by atoms with Crippen LogP contribution in [0.5, 0.6) is 0 Å². The Kier molecular flexibility index (Phi) is 5.62. The predicted octanol–water partition coefficient (Wildman–Crippen LogP) is 1.83. The lowest BCUT2D eigenvalue weighted by Crippen LogP contribution is -2.22. The van der Waals surface area contributed by atoms with E-state index >= 15 is 0 Å². The van der Waals surface area contributed by atoms with Crippen molar-refractivity contribution in [3.05, 3.63) is 15.9 Å². The zero-order valence-electron chi connectivity index (χ0n) is 11.1. The van der Waals surface area contributed by atoms with Crippen molar-refractivity contribution in [2.75, 3.05) is 20.6 Å². The van der Waals surface area contributed by atoms with Crippen molar-refractivity contribution in [2.45, 2.75) is 39.3 Å². The molecule has 0 bridgehead atoms. The van der Waals surface area contributed by atoms with Crippen LogP contribution in [-0.2, 0) is 13.0 Å². The van der Waals surface area contributed by atoms with Gasteiger partial charge in [0.1, 0.15) is 0 Å². The molecule has 98 valence electrons. The summed E-state index contributed by atoms with van der Waals surface area (Å²) in [6.45, 7) is 5.78. The van der Waals surface area contributed by atoms with Gasteiger partial charge in [0, 0.05) is 13.0 Å². The summed E-state index contributed by atoms with van der Waals surface area (Å²) in [5.74, 6) is 0. The van der Waals surface area contributed by atoms with Gasteiger partial charge >= 0.3 is 0 Å². The number of aryl methyl sites for hydroxylation is 2. The van der Waals surface area contributed by atoms with Gasteiger partial charge in [0.05, 0.1) is 22.0 Å². The maximum Gasteiger partial charge on any atom is 0.0738 e. The van der Waals surface area contributed by atoms with Crippen LogP contribution in [0.15, 0.2) is 4.47 Å². The van der Waals surface area contributed by atoms with Gasteiger partial charge in [0.25, 0.3) is 0 Å². The third kappa shape index (κ3) is 4.08. The van der Waals surface area contributed by atoms with E-state index in [1.807, 2.05) is 25.7 Å². The summed E-state index contributed by atoms with van der Waals surface area (Å²) in [5.41, 5.74) is 2.08. The third-order valence-corrected chi connectivity index (χ3v) is 3.82. The van der Waals surface area contributed by atoms with Crippen LogP contribution < -0.4 is 0 Å². The third-order valence-electron chi connectivity index (χ3n) is 2.79. The van der Waals surface area contributed by atoms with Crippen LogP contribution in [0.3, 0.4) is 0 Å². The molecule has 0 aromatic carbocycles. The minimum atomic E-state index is -0.310. The van der Waals surface area contributed by atoms with Crippen molar-refractivity contribution in [3.8, 4) is 0 Å². The number of hydrogen-bond donors (Lipinski definition) is 1. The largest absolute Gasteiger partial charge is 0.393 e. The number of aliphatic hydroxyl groups is 1. The van der Waals surface area contributed by atoms with Crippen molar-refractivity contribution in [1.29, 1.82) is 0 Å². The molecule has 1 aromatic rings. The molecule has 17 heavy (non-hydrogen) atoms. The van der Waals surface area contributed by atoms with Crippen LogP contribution in [0.1, 0.15) is 24.7 Å². The minimum absolute atomic E-state index is 0.310. The molecule has 4 nitrogen and oxygen atoms in total. The molecule has 0 saturated heterocycles. The number of aliphatic hydroxyl groups excluding tert-OH is 1. The number of nitrogens with zero attached hydrogens (tertiary/aromatic N) is 3. The number of aromatic nitrogens is 2. The van der Waals surface area contributed by atoms with Crippen molar-refractivity contribution < 1.29 is 5.11 Å². The topological polar surface area (TPSA) is 41.3 Å². The Hall–Kier alpha value is -0.390. The second-order valence-electron chi connectivity index (χ2n) is 4.61. The summed E-state index contributed by atoms with van der Waals surface area (Å²) in [7, 11) is 4.03. The van der Waals surface area contributed by atoms with Crippen LogP contribution in [0.2, 0.25) is 0 Å². The van der Waals surface area contributed by atoms with Crippen LogP contribution in [0.25, 0.3) is 0 Å². The predicted molar refractivity (Wildman–Crippen MR) is 73.2 cm³/mol. The first-order chi connectivity index (χ1) is 7.95. The van der Waals surface area contributed by atoms with E-state index in [0.717, 1.165) is 35.4 Å². The molecule has 1 rings (SSSR count). The average molecular weight is 304 g/mol. The summed E-state index contributed by atoms with van der Waals surface area (Å²) in [4.78, 5) is 2.08. The standard InChI is InChI=1S/C12H22BrN3O/c1-5-16-11(12(13)9(2)14-16)8-10(17)6-7-15(3)4/h10,17H,5-8H2,1-4H3. The monoisotopic (exact) mass is 303 g/mol. The molecule has 0 spiro atoms. The lowest BCUT2D eigenvalue weighted by atomic mass is 10.1. The second-order valence-corrected chi connectivity index (χ2v) is 5.40. The van der Waals surface area contributed by atoms with Gasteiger partial charge in [-0.3, -0.25) is 4.68 Å². The molecule has 0 aliphatic carbocycles. The molecule has 0 fully saturated rings. The Morgan fingerprint density at radius 3 is 2.65 bits per heavy atom. The molecule has 0 aliphatic heterocycles. The van der Waals surface area contributed by atoms with Gasteiger partial charge in [-0.1, -0.05) is 0 Å². The second kappa shape index (κ2) is 6.52. The van der Waals surface area contributed by atoms with Crippen LogP contribution in [-0.4, -0.2) is 46.5 Å². The lowest BCUT2D eigenvalue weighted by Gasteiger charge is -2.15. The average Bonchev–Trinajstić information content (AvgIpc) is 2.54. The van der Waals surface area contributed by atoms with E-state index in [9.17, 15) is 5.11 Å². The van der Waals surface area contributed by atoms with E-state index in [4.69, 9.17) is 0 Å². The summed E-state index contributed by atoms with van der Waals surface area (Å²) in [6, 6.07) is 0. The quantitative estimate of drug-likeness (QED) is 0.872. The molecule has 0 amide bonds. The molecule has 1 atom stereocenters. The van der Waals surface area contributed by atoms with Crippen LogP contribution in [0, 0.1) is 6.92 Å². The Morgan fingerprint density at radius 1 is 1.47 bits per heavy atom. The molecule has 0 aliphatic rings. The minimum Gasteiger partial charge on any atom is -0.393 e. The highest BCUT2D eigenvalue weighted by Crippen LogP contribution is 2.22. The van der Waals surface area contributed by atoms with Gasteiger partial charge < -0.3 is 10.0 Å². The zero-order valence-corrected chi connectivity index (χ0v) is 12.7. The maximum absolute atomic E-state index is 10.0. The molecule has 0 radical (unpaired) electrons. The van der Waals surface area contributed by atoms with Gasteiger partial charge in [0.2, 0.25) is 0 Å². The SMILES string of the molecule is CCn1nc(C)c(Br)c1CC(O)CCN(C)C. The van der Waals surface area contributed by atoms with Gasteiger partial charge in [-0.05, 0) is 56.8 Å². The maximum atomic E-state index is 10.0. The number of halogens is 1. The van der Waals surface area contributed by atoms with Crippen molar-refractivity contribution in [1.82, 2.24) is 14.7 Å². The fraction of sp³-hybridized carbons (Fsp3) is 0.750. The number of rotatable bonds is 6. The van der Waals surface area contributed by atoms with E-state index in [2.05, 4.69) is 32.9 Å². The molecule has 5 heteroatoms. The number of hydrogen-bond acceptors (Lipinski definition) is 3. The summed E-state index contributed by atoms with van der Waals surface area (Å²) in [5, 5.41) is 14.4. The summed E-state index contributed by atoms with van der Waals surface area (Å²) >= 11 is 3.55. The van der Waals surface area contributed by atoms with E-state index in [1.165, 1.54) is 0 Å². The van der Waals surface area contributed by atoms with Crippen molar-refractivity contribution >= 4 is 15.9 Å². The molecule has 1 heterocycles. The Morgan fingerprint density at radius 2 is 2.12 bits per heavy atom. The fourth-order valence-corrected chi connectivity index (χ4v) is 2.24. The van der Waals surface area contributed by atoms with Crippen LogP contribution in [0.4, 0.5) is 0 Å². The Balaban J connectivity index is 2.67. The highest BCUT2D eigenvalue weighted by molar-refractivity contribution is 9.10. The smallest absolute Gasteiger partial charge is 0.0738 e. The molecule has 1 N–H and O–H groups in total. The molecular weight excluding hydrogens is 282 g/mol. The van der Waals surface area contributed by atoms with E-state index in [-0.39, 0.29) is 6.10 Å². The lowest BCUT2D eigenvalue weighted by molar-refractivity contribution is 0.149.